The van der Waals surface area contributed by atoms with E-state index < -0.39 is 88.7 Å². The molecule has 0 aliphatic carbocycles. The Morgan fingerprint density at radius 3 is 2.41 bits per heavy atom. The normalized spacial score (nSPS) is 39.6. The van der Waals surface area contributed by atoms with Gasteiger partial charge in [-0.2, -0.15) is 0 Å². The van der Waals surface area contributed by atoms with Crippen molar-refractivity contribution in [3.05, 3.63) is 35.5 Å². The monoisotopic (exact) mass is 836 g/mol. The van der Waals surface area contributed by atoms with Gasteiger partial charge in [-0.1, -0.05) is 39.5 Å². The molecule has 0 radical (unpaired) electrons. The number of cyclic esters (lactones) is 1. The maximum absolute atomic E-state index is 15.1. The zero-order chi connectivity index (χ0) is 43.2. The average Bonchev–Trinajstić information content (AvgIpc) is 3.87. The number of likely N-dealkylation sites (tertiary alicyclic amines) is 1. The molecule has 0 aromatic carbocycles. The highest BCUT2D eigenvalue weighted by atomic mass is 32.1. The van der Waals surface area contributed by atoms with Gasteiger partial charge in [-0.15, -0.1) is 11.3 Å². The third-order valence-electron chi connectivity index (χ3n) is 13.1. The van der Waals surface area contributed by atoms with Gasteiger partial charge in [-0.3, -0.25) is 24.1 Å². The number of thiophene rings is 1. The predicted molar refractivity (Wildman–Crippen MR) is 219 cm³/mol. The van der Waals surface area contributed by atoms with Crippen LogP contribution in [0.25, 0.3) is 10.7 Å². The van der Waals surface area contributed by atoms with Gasteiger partial charge in [0.2, 0.25) is 0 Å². The van der Waals surface area contributed by atoms with E-state index in [9.17, 15) is 19.5 Å². The van der Waals surface area contributed by atoms with Crippen LogP contribution in [0.2, 0.25) is 0 Å². The Hall–Kier alpha value is -3.62. The topological polar surface area (TPSA) is 167 Å². The van der Waals surface area contributed by atoms with Crippen LogP contribution in [0.3, 0.4) is 0 Å². The van der Waals surface area contributed by atoms with E-state index in [1.165, 1.54) is 18.3 Å². The van der Waals surface area contributed by atoms with Gasteiger partial charge in [0.25, 0.3) is 0 Å². The highest BCUT2D eigenvalue weighted by Crippen LogP contribution is 2.55. The SMILES string of the molecule is CC[C@@H]1OC(=O)[C@H](C)C(=O)[C@H](C)[C@@H](O[C@@H]2O[C@H](C)C[C@H](N(C)C)[C@H]2O)[C@@](C)(OCC#Cc2ccc(-c3ncccn3)s2)C[C@@H](C)C(=O)C2(C)CN(C)C3C(=O)O[C@@]1(C)C32. The summed E-state index contributed by atoms with van der Waals surface area (Å²) in [5, 5.41) is 11.7. The highest BCUT2D eigenvalue weighted by Gasteiger charge is 2.70. The second kappa shape index (κ2) is 17.4. The van der Waals surface area contributed by atoms with Crippen molar-refractivity contribution in [3.63, 3.8) is 0 Å². The molecule has 4 aliphatic heterocycles. The second-order valence-electron chi connectivity index (χ2n) is 17.8. The maximum atomic E-state index is 15.1. The zero-order valence-electron chi connectivity index (χ0n) is 36.1. The van der Waals surface area contributed by atoms with Crippen LogP contribution in [0.15, 0.2) is 30.6 Å². The molecule has 14 nitrogen and oxygen atoms in total. The molecule has 15 heteroatoms. The summed E-state index contributed by atoms with van der Waals surface area (Å²) in [7, 11) is 5.54. The average molecular weight is 837 g/mol. The summed E-state index contributed by atoms with van der Waals surface area (Å²) in [6.45, 7) is 14.3. The number of aliphatic hydroxyl groups excluding tert-OH is 1. The van der Waals surface area contributed by atoms with Crippen LogP contribution in [0.4, 0.5) is 0 Å². The lowest BCUT2D eigenvalue weighted by Gasteiger charge is -2.48. The Morgan fingerprint density at radius 2 is 1.75 bits per heavy atom. The van der Waals surface area contributed by atoms with Gasteiger partial charge < -0.3 is 33.7 Å². The van der Waals surface area contributed by atoms with Crippen LogP contribution in [0.5, 0.6) is 0 Å². The van der Waals surface area contributed by atoms with Crippen molar-refractivity contribution < 1.29 is 48.0 Å². The van der Waals surface area contributed by atoms with Crippen molar-refractivity contribution in [2.75, 3.05) is 34.3 Å². The molecule has 322 valence electrons. The molecular formula is C44H60N4O10S. The number of likely N-dealkylation sites (N-methyl/N-ethyl adjacent to an activating group) is 2. The zero-order valence-corrected chi connectivity index (χ0v) is 36.9. The number of ketones is 2. The fraction of sp³-hybridized carbons (Fsp3) is 0.682. The number of ether oxygens (including phenoxy) is 5. The largest absolute Gasteiger partial charge is 0.458 e. The van der Waals surface area contributed by atoms with E-state index in [1.54, 1.807) is 46.3 Å². The highest BCUT2D eigenvalue weighted by molar-refractivity contribution is 7.15. The van der Waals surface area contributed by atoms with E-state index in [1.807, 2.05) is 63.7 Å². The third-order valence-corrected chi connectivity index (χ3v) is 14.1. The smallest absolute Gasteiger partial charge is 0.324 e. The van der Waals surface area contributed by atoms with E-state index >= 15 is 4.79 Å². The molecule has 4 aliphatic rings. The summed E-state index contributed by atoms with van der Waals surface area (Å²) in [4.78, 5) is 71.4. The van der Waals surface area contributed by atoms with Crippen molar-refractivity contribution in [3.8, 4) is 22.5 Å². The molecule has 2 aromatic heterocycles. The lowest BCUT2D eigenvalue weighted by atomic mass is 9.62. The van der Waals surface area contributed by atoms with Crippen molar-refractivity contribution in [2.24, 2.45) is 29.1 Å². The molecule has 6 rings (SSSR count). The predicted octanol–water partition coefficient (Wildman–Crippen LogP) is 4.17. The number of aromatic nitrogens is 2. The Labute approximate surface area is 351 Å². The number of rotatable bonds is 7. The number of carbonyl (C=O) groups is 4. The molecule has 4 saturated heterocycles. The maximum Gasteiger partial charge on any atom is 0.324 e. The van der Waals surface area contributed by atoms with E-state index in [2.05, 4.69) is 21.8 Å². The summed E-state index contributed by atoms with van der Waals surface area (Å²) in [6.07, 6.45) is -0.386. The fourth-order valence-electron chi connectivity index (χ4n) is 10.3. The summed E-state index contributed by atoms with van der Waals surface area (Å²) in [5.74, 6) is 1.36. The first-order valence-electron chi connectivity index (χ1n) is 20.6. The standard InChI is InChI=1S/C44H60N4O10S/c1-12-31-44(8)35-32(40(53)58-44)48(11)23-42(35,6)36(51)24(2)22-43(7,54-20-13-15-28-16-17-30(59-28)38-45-18-14-19-46-38)37(26(4)33(49)27(5)39(52)56-31)57-41-34(50)29(47(9)10)21-25(3)55-41/h14,16-19,24-27,29,31-32,34-35,37,41,50H,12,20-23H2,1-11H3/t24-,25-,26+,27-,29+,31+,32?,34-,35?,37-,41+,42?,43+,44-/m1/s1. The molecule has 6 heterocycles. The fourth-order valence-corrected chi connectivity index (χ4v) is 11.1. The van der Waals surface area contributed by atoms with Crippen molar-refractivity contribution in [1.82, 2.24) is 19.8 Å². The summed E-state index contributed by atoms with van der Waals surface area (Å²) in [5.41, 5.74) is -3.87. The molecule has 1 N–H and O–H groups in total. The summed E-state index contributed by atoms with van der Waals surface area (Å²) < 4.78 is 32.0. The first-order valence-corrected chi connectivity index (χ1v) is 21.4. The number of Topliss-reactive ketones (excluding diaryl/α,β-unsaturated/α-hetero) is 2. The lowest BCUT2D eigenvalue weighted by molar-refractivity contribution is -0.296. The van der Waals surface area contributed by atoms with E-state index in [0.29, 0.717) is 12.2 Å². The number of aliphatic hydroxyl groups is 1. The molecule has 0 amide bonds. The van der Waals surface area contributed by atoms with E-state index in [-0.39, 0.29) is 43.9 Å². The van der Waals surface area contributed by atoms with Crippen molar-refractivity contribution >= 4 is 34.8 Å². The first kappa shape index (κ1) is 44.9. The lowest BCUT2D eigenvalue weighted by Crippen LogP contribution is -2.60. The Kier molecular flexibility index (Phi) is 13.2. The Bertz CT molecular complexity index is 1950. The Morgan fingerprint density at radius 1 is 1.05 bits per heavy atom. The molecule has 14 atom stereocenters. The van der Waals surface area contributed by atoms with Gasteiger partial charge in [0.15, 0.2) is 23.5 Å². The van der Waals surface area contributed by atoms with Crippen LogP contribution < -0.4 is 0 Å². The summed E-state index contributed by atoms with van der Waals surface area (Å²) in [6, 6.07) is 4.48. The minimum absolute atomic E-state index is 0.0675. The van der Waals surface area contributed by atoms with E-state index in [0.717, 1.165) is 9.75 Å². The minimum atomic E-state index is -1.42. The first-order chi connectivity index (χ1) is 27.7. The molecule has 2 aromatic rings. The third kappa shape index (κ3) is 8.51. The molecule has 4 fully saturated rings. The van der Waals surface area contributed by atoms with Crippen molar-refractivity contribution in [2.45, 2.75) is 129 Å². The van der Waals surface area contributed by atoms with Gasteiger partial charge >= 0.3 is 11.9 Å². The van der Waals surface area contributed by atoms with Crippen LogP contribution in [-0.4, -0.2) is 137 Å². The van der Waals surface area contributed by atoms with Gasteiger partial charge in [-0.25, -0.2) is 9.97 Å². The number of hydrogen-bond donors (Lipinski definition) is 1. The van der Waals surface area contributed by atoms with Gasteiger partial charge in [0.05, 0.1) is 27.6 Å². The summed E-state index contributed by atoms with van der Waals surface area (Å²) >= 11 is 1.44. The number of nitrogens with zero attached hydrogens (tertiary/aromatic N) is 4. The van der Waals surface area contributed by atoms with Crippen molar-refractivity contribution in [1.29, 1.82) is 0 Å². The van der Waals surface area contributed by atoms with Gasteiger partial charge in [0.1, 0.15) is 36.6 Å². The van der Waals surface area contributed by atoms with Crippen LogP contribution in [0.1, 0.15) is 79.5 Å². The van der Waals surface area contributed by atoms with E-state index in [4.69, 9.17) is 23.7 Å². The molecule has 0 saturated carbocycles. The molecule has 59 heavy (non-hydrogen) atoms. The van der Waals surface area contributed by atoms with Crippen LogP contribution in [0, 0.1) is 40.9 Å². The minimum Gasteiger partial charge on any atom is -0.458 e. The number of esters is 2. The molecule has 0 bridgehead atoms. The molecular weight excluding hydrogens is 777 g/mol. The van der Waals surface area contributed by atoms with Gasteiger partial charge in [0, 0.05) is 48.1 Å². The van der Waals surface area contributed by atoms with Gasteiger partial charge in [-0.05, 0) is 86.3 Å². The van der Waals surface area contributed by atoms with Crippen LogP contribution in [-0.2, 0) is 42.9 Å². The number of hydrogen-bond acceptors (Lipinski definition) is 15. The van der Waals surface area contributed by atoms with Crippen LogP contribution >= 0.6 is 11.3 Å². The molecule has 3 unspecified atom stereocenters. The quantitative estimate of drug-likeness (QED) is 0.240. The number of carbonyl (C=O) groups excluding carboxylic acids is 4. The second-order valence-corrected chi connectivity index (χ2v) is 18.9. The molecule has 0 spiro atoms. The Balaban J connectivity index is 1.42.